The van der Waals surface area contributed by atoms with Gasteiger partial charge in [0.05, 0.1) is 18.5 Å². The molecule has 8 aromatic carbocycles. The average Bonchev–Trinajstić information content (AvgIpc) is 2.68. The molecular formula is C43H30N8O25S7. The highest BCUT2D eigenvalue weighted by Gasteiger charge is 2.31. The van der Waals surface area contributed by atoms with E-state index >= 15 is 0 Å². The molecule has 83 heavy (non-hydrogen) atoms. The zero-order chi connectivity index (χ0) is 61.3. The number of rotatable bonds is 16. The van der Waals surface area contributed by atoms with Gasteiger partial charge in [0.15, 0.2) is 17.2 Å². The van der Waals surface area contributed by atoms with E-state index in [2.05, 4.69) is 40.9 Å². The van der Waals surface area contributed by atoms with E-state index in [1.807, 2.05) is 0 Å². The summed E-state index contributed by atoms with van der Waals surface area (Å²) in [7, 11) is -36.6. The van der Waals surface area contributed by atoms with Gasteiger partial charge in [0.2, 0.25) is 0 Å². The van der Waals surface area contributed by atoms with Crippen LogP contribution in [0.5, 0.6) is 23.0 Å². The minimum Gasteiger partial charge on any atom is -0.505 e. The first kappa shape index (κ1) is 60.6. The van der Waals surface area contributed by atoms with Crippen molar-refractivity contribution in [3.05, 3.63) is 103 Å². The van der Waals surface area contributed by atoms with Gasteiger partial charge in [-0.3, -0.25) is 31.9 Å². The SMILES string of the molecule is COc1ccc(N=Nc2c(S(=O)(=O)O)cc3c(S(=O)(=O)O)c(N=Nc4cc(S(=O)(=O)O)c5cc(S(=O)(=O)O)c(N=Nc6ccc7c(O)c(N=Nc8ccccc8S(=O)(=O)O)c(S(=O)(=O)O)cc7c6)c(O)c5c4)ccc3c2O)c(S(=O)(=O)O)c1. The van der Waals surface area contributed by atoms with Gasteiger partial charge in [-0.25, -0.2) is 0 Å². The Labute approximate surface area is 465 Å². The Morgan fingerprint density at radius 3 is 1.31 bits per heavy atom. The molecule has 0 aromatic heterocycles. The summed E-state index contributed by atoms with van der Waals surface area (Å²) in [5, 5.41) is 59.3. The summed E-state index contributed by atoms with van der Waals surface area (Å²) in [6.07, 6.45) is 0. The summed E-state index contributed by atoms with van der Waals surface area (Å²) in [6, 6.07) is 14.5. The van der Waals surface area contributed by atoms with Gasteiger partial charge >= 0.3 is 0 Å². The van der Waals surface area contributed by atoms with E-state index in [9.17, 15) is 106 Å². The van der Waals surface area contributed by atoms with Crippen molar-refractivity contribution in [3.8, 4) is 23.0 Å². The number of hydrogen-bond acceptors (Lipinski definition) is 26. The first-order chi connectivity index (χ1) is 38.3. The lowest BCUT2D eigenvalue weighted by Gasteiger charge is -2.13. The molecule has 0 aliphatic carbocycles. The number of methoxy groups -OCH3 is 1. The predicted octanol–water partition coefficient (Wildman–Crippen LogP) is 8.66. The third-order valence-electron chi connectivity index (χ3n) is 11.3. The first-order valence-electron chi connectivity index (χ1n) is 21.5. The van der Waals surface area contributed by atoms with Gasteiger partial charge < -0.3 is 20.1 Å². The number of phenolic OH excluding ortho intramolecular Hbond substituents is 3. The van der Waals surface area contributed by atoms with Gasteiger partial charge in [-0.05, 0) is 90.3 Å². The van der Waals surface area contributed by atoms with Crippen LogP contribution in [0.4, 0.5) is 45.5 Å². The fraction of sp³-hybridized carbons (Fsp3) is 0.0233. The maximum Gasteiger partial charge on any atom is 0.297 e. The molecule has 0 radical (unpaired) electrons. The molecule has 0 atom stereocenters. The van der Waals surface area contributed by atoms with Crippen molar-refractivity contribution in [2.24, 2.45) is 40.9 Å². The fourth-order valence-corrected chi connectivity index (χ4v) is 12.5. The molecular weight excluding hydrogens is 1250 g/mol. The van der Waals surface area contributed by atoms with Crippen molar-refractivity contribution in [1.29, 1.82) is 0 Å². The minimum atomic E-state index is -5.67. The van der Waals surface area contributed by atoms with Crippen molar-refractivity contribution in [2.45, 2.75) is 34.3 Å². The number of aromatic hydroxyl groups is 3. The molecule has 0 saturated heterocycles. The Morgan fingerprint density at radius 1 is 0.325 bits per heavy atom. The molecule has 0 bridgehead atoms. The largest absolute Gasteiger partial charge is 0.505 e. The molecule has 0 unspecified atom stereocenters. The average molecular weight is 1280 g/mol. The van der Waals surface area contributed by atoms with Gasteiger partial charge in [0.25, 0.3) is 70.8 Å². The summed E-state index contributed by atoms with van der Waals surface area (Å²) in [5.74, 6) is -3.75. The first-order valence-corrected chi connectivity index (χ1v) is 31.6. The van der Waals surface area contributed by atoms with Crippen molar-refractivity contribution in [1.82, 2.24) is 0 Å². The normalized spacial score (nSPS) is 13.4. The quantitative estimate of drug-likeness (QED) is 0.0319. The number of azo groups is 4. The highest BCUT2D eigenvalue weighted by Crippen LogP contribution is 2.49. The summed E-state index contributed by atoms with van der Waals surface area (Å²) in [5.41, 5.74) is -6.62. The van der Waals surface area contributed by atoms with Gasteiger partial charge in [0, 0.05) is 33.0 Å². The van der Waals surface area contributed by atoms with E-state index in [4.69, 9.17) is 4.74 Å². The Bertz CT molecular complexity index is 5140. The Balaban J connectivity index is 1.25. The van der Waals surface area contributed by atoms with Crippen molar-refractivity contribution < 1.29 is 111 Å². The zero-order valence-corrected chi connectivity index (χ0v) is 46.1. The monoisotopic (exact) mass is 1280 g/mol. The molecule has 8 rings (SSSR count). The fourth-order valence-electron chi connectivity index (χ4n) is 7.78. The van der Waals surface area contributed by atoms with E-state index in [0.29, 0.717) is 30.3 Å². The number of ether oxygens (including phenoxy) is 1. The molecule has 434 valence electrons. The van der Waals surface area contributed by atoms with Crippen LogP contribution in [-0.4, -0.2) is 113 Å². The maximum absolute atomic E-state index is 13.0. The van der Waals surface area contributed by atoms with Gasteiger partial charge in [-0.1, -0.05) is 12.1 Å². The highest BCUT2D eigenvalue weighted by atomic mass is 32.2. The number of nitrogens with zero attached hydrogens (tertiary/aromatic N) is 8. The topological polar surface area (TPSA) is 549 Å². The predicted molar refractivity (Wildman–Crippen MR) is 282 cm³/mol. The molecule has 33 nitrogen and oxygen atoms in total. The summed E-state index contributed by atoms with van der Waals surface area (Å²) in [6.45, 7) is 0. The van der Waals surface area contributed by atoms with E-state index < -0.39 is 184 Å². The Hall–Kier alpha value is -8.49. The van der Waals surface area contributed by atoms with Crippen LogP contribution in [0.2, 0.25) is 0 Å². The maximum atomic E-state index is 13.0. The van der Waals surface area contributed by atoms with Crippen LogP contribution in [0, 0.1) is 0 Å². The lowest BCUT2D eigenvalue weighted by Crippen LogP contribution is -2.03. The lowest BCUT2D eigenvalue weighted by atomic mass is 10.1. The number of hydrogen-bond donors (Lipinski definition) is 10. The standard InChI is InChI=1S/C43H30N8O25S7/c1-76-22-7-10-29(33(16-22)79(61,62)63)47-51-38-36(82(70,71)72)18-27-24(41(38)53)9-11-30(43(27)83(73,74)75)48-45-21-14-26-25(32(15-21)78(58,59)60)17-35(81(67,68)69)39(42(26)54)49-44-20-6-8-23-19(12-20)13-34(80(64,65)66)37(40(23)52)50-46-28-4-2-3-5-31(28)77(55,56)57/h2-18,52-54H,1H3,(H,55,56,57)(H,58,59,60)(H,61,62,63)(H,64,65,66)(H,67,68,69)(H,70,71,72)(H,73,74,75). The van der Waals surface area contributed by atoms with Crippen LogP contribution in [0.1, 0.15) is 0 Å². The Morgan fingerprint density at radius 2 is 0.771 bits per heavy atom. The molecule has 0 saturated carbocycles. The number of fused-ring (bicyclic) bond motifs is 3. The van der Waals surface area contributed by atoms with E-state index in [0.717, 1.165) is 67.8 Å². The van der Waals surface area contributed by atoms with E-state index in [1.54, 1.807) is 0 Å². The summed E-state index contributed by atoms with van der Waals surface area (Å²) >= 11 is 0. The minimum absolute atomic E-state index is 0.113. The van der Waals surface area contributed by atoms with E-state index in [1.165, 1.54) is 12.1 Å². The second-order valence-corrected chi connectivity index (χ2v) is 26.3. The van der Waals surface area contributed by atoms with Crippen LogP contribution in [0.3, 0.4) is 0 Å². The third kappa shape index (κ3) is 12.5. The highest BCUT2D eigenvalue weighted by molar-refractivity contribution is 7.87. The van der Waals surface area contributed by atoms with Gasteiger partial charge in [-0.15, -0.1) is 30.7 Å². The Kier molecular flexibility index (Phi) is 15.6. The smallest absolute Gasteiger partial charge is 0.297 e. The van der Waals surface area contributed by atoms with Crippen LogP contribution in [0.25, 0.3) is 32.3 Å². The van der Waals surface area contributed by atoms with Crippen molar-refractivity contribution in [2.75, 3.05) is 7.11 Å². The molecule has 0 spiro atoms. The molecule has 0 amide bonds. The number of benzene rings is 8. The second kappa shape index (κ2) is 21.4. The van der Waals surface area contributed by atoms with Crippen LogP contribution in [0.15, 0.2) is 178 Å². The van der Waals surface area contributed by atoms with Crippen LogP contribution < -0.4 is 4.74 Å². The molecule has 0 aliphatic rings. The third-order valence-corrected chi connectivity index (χ3v) is 17.5. The zero-order valence-electron chi connectivity index (χ0n) is 40.3. The molecule has 40 heteroatoms. The van der Waals surface area contributed by atoms with Gasteiger partial charge in [0.1, 0.15) is 74.1 Å². The van der Waals surface area contributed by atoms with E-state index in [-0.39, 0.29) is 22.2 Å². The molecule has 0 aliphatic heterocycles. The molecule has 0 fully saturated rings. The molecule has 0 heterocycles. The van der Waals surface area contributed by atoms with Crippen LogP contribution >= 0.6 is 0 Å². The second-order valence-electron chi connectivity index (χ2n) is 16.6. The lowest BCUT2D eigenvalue weighted by molar-refractivity contribution is 0.412. The van der Waals surface area contributed by atoms with Crippen molar-refractivity contribution >= 4 is 149 Å². The summed E-state index contributed by atoms with van der Waals surface area (Å²) < 4.78 is 251. The van der Waals surface area contributed by atoms with Crippen LogP contribution in [-0.2, 0) is 70.8 Å². The number of phenols is 3. The van der Waals surface area contributed by atoms with Crippen molar-refractivity contribution in [3.63, 3.8) is 0 Å². The molecule has 10 N–H and O–H groups in total. The van der Waals surface area contributed by atoms with Gasteiger partial charge in [-0.2, -0.15) is 69.2 Å². The molecule has 8 aromatic rings. The summed E-state index contributed by atoms with van der Waals surface area (Å²) in [4.78, 5) is -8.31.